The molecule has 0 unspecified atom stereocenters. The topological polar surface area (TPSA) is 79.8 Å². The molecule has 2 heterocycles. The van der Waals surface area contributed by atoms with E-state index in [-0.39, 0.29) is 13.2 Å². The van der Waals surface area contributed by atoms with Crippen molar-refractivity contribution < 1.29 is 23.3 Å². The van der Waals surface area contributed by atoms with E-state index in [0.29, 0.717) is 24.7 Å². The van der Waals surface area contributed by atoms with Crippen LogP contribution in [0.1, 0.15) is 33.8 Å². The van der Waals surface area contributed by atoms with Crippen LogP contribution in [0.3, 0.4) is 0 Å². The summed E-state index contributed by atoms with van der Waals surface area (Å²) >= 11 is 0. The van der Waals surface area contributed by atoms with E-state index in [1.54, 1.807) is 0 Å². The Bertz CT molecular complexity index is 1640. The molecule has 0 saturated heterocycles. The molecule has 7 nitrogen and oxygen atoms in total. The van der Waals surface area contributed by atoms with Crippen molar-refractivity contribution in [2.75, 3.05) is 0 Å². The molecule has 43 heavy (non-hydrogen) atoms. The van der Waals surface area contributed by atoms with Gasteiger partial charge in [-0.1, -0.05) is 70.0 Å². The van der Waals surface area contributed by atoms with Crippen LogP contribution in [0.15, 0.2) is 118 Å². The second kappa shape index (κ2) is 13.2. The number of aryl methyl sites for hydroxylation is 2. The zero-order valence-corrected chi connectivity index (χ0v) is 24.2. The van der Waals surface area contributed by atoms with E-state index in [9.17, 15) is 0 Å². The fourth-order valence-electron chi connectivity index (χ4n) is 4.67. The number of benzene rings is 4. The van der Waals surface area contributed by atoms with Gasteiger partial charge >= 0.3 is 0 Å². The second-order valence-corrected chi connectivity index (χ2v) is 10.5. The van der Waals surface area contributed by atoms with E-state index in [0.717, 1.165) is 45.1 Å². The number of rotatable bonds is 12. The van der Waals surface area contributed by atoms with Crippen molar-refractivity contribution in [3.63, 3.8) is 0 Å². The Kier molecular flexibility index (Phi) is 8.61. The maximum atomic E-state index is 5.92. The Morgan fingerprint density at radius 1 is 0.512 bits per heavy atom. The fourth-order valence-corrected chi connectivity index (χ4v) is 4.67. The van der Waals surface area contributed by atoms with Crippen LogP contribution in [-0.4, -0.2) is 10.3 Å². The summed E-state index contributed by atoms with van der Waals surface area (Å²) in [6.45, 7) is 5.71. The summed E-state index contributed by atoms with van der Waals surface area (Å²) < 4.78 is 28.6. The molecular formula is C36H32N2O5. The highest BCUT2D eigenvalue weighted by Gasteiger charge is 2.11. The first kappa shape index (κ1) is 28.0. The molecule has 0 bridgehead atoms. The van der Waals surface area contributed by atoms with Gasteiger partial charge in [-0.05, 0) is 73.5 Å². The fraction of sp³-hybridized carbons (Fsp3) is 0.167. The molecule has 0 aliphatic rings. The van der Waals surface area contributed by atoms with Crippen molar-refractivity contribution in [1.82, 2.24) is 10.3 Å². The largest absolute Gasteiger partial charge is 0.489 e. The summed E-state index contributed by atoms with van der Waals surface area (Å²) in [6.07, 6.45) is 0. The molecule has 0 atom stereocenters. The smallest absolute Gasteiger partial charge is 0.163 e. The van der Waals surface area contributed by atoms with Gasteiger partial charge in [0.1, 0.15) is 49.3 Å². The normalized spacial score (nSPS) is 11.0. The molecule has 0 amide bonds. The van der Waals surface area contributed by atoms with Crippen molar-refractivity contribution in [2.45, 2.75) is 40.3 Å². The predicted octanol–water partition coefficient (Wildman–Crippen LogP) is 8.49. The highest BCUT2D eigenvalue weighted by molar-refractivity contribution is 5.60. The molecule has 2 aromatic heterocycles. The minimum atomic E-state index is 0.258. The lowest BCUT2D eigenvalue weighted by Gasteiger charge is -2.07. The SMILES string of the molecule is Cc1cccc(COc2ccc(-c3cc(COCc4cc(-c5ccc(OCc6cccc(C)c6)cc5)no4)on3)cc2)c1. The van der Waals surface area contributed by atoms with Crippen LogP contribution in [0, 0.1) is 13.8 Å². The number of ether oxygens (including phenoxy) is 3. The van der Waals surface area contributed by atoms with Crippen molar-refractivity contribution >= 4 is 0 Å². The summed E-state index contributed by atoms with van der Waals surface area (Å²) in [5.41, 5.74) is 8.05. The Labute approximate surface area is 250 Å². The van der Waals surface area contributed by atoms with Gasteiger partial charge in [0.2, 0.25) is 0 Å². The summed E-state index contributed by atoms with van der Waals surface area (Å²) in [7, 11) is 0. The standard InChI is InChI=1S/C36H32N2O5/c1-25-5-3-7-27(17-25)21-40-31-13-9-29(10-14-31)35-19-33(42-37-35)23-39-24-34-20-36(38-43-34)30-11-15-32(16-12-30)41-22-28-8-4-6-26(2)18-28/h3-20H,21-24H2,1-2H3. The summed E-state index contributed by atoms with van der Waals surface area (Å²) in [5, 5.41) is 8.38. The molecule has 7 heteroatoms. The van der Waals surface area contributed by atoms with Crippen molar-refractivity contribution in [3.8, 4) is 34.0 Å². The third kappa shape index (κ3) is 7.58. The first-order chi connectivity index (χ1) is 21.1. The molecule has 216 valence electrons. The van der Waals surface area contributed by atoms with Crippen molar-refractivity contribution in [3.05, 3.63) is 143 Å². The Hall–Kier alpha value is -5.14. The molecule has 0 saturated carbocycles. The van der Waals surface area contributed by atoms with Gasteiger partial charge in [-0.25, -0.2) is 0 Å². The first-order valence-electron chi connectivity index (χ1n) is 14.1. The molecule has 0 aliphatic carbocycles. The van der Waals surface area contributed by atoms with Gasteiger partial charge in [0, 0.05) is 23.3 Å². The molecule has 4 aromatic carbocycles. The minimum absolute atomic E-state index is 0.258. The van der Waals surface area contributed by atoms with Gasteiger partial charge in [0.25, 0.3) is 0 Å². The van der Waals surface area contributed by atoms with Crippen LogP contribution in [0.25, 0.3) is 22.5 Å². The predicted molar refractivity (Wildman–Crippen MR) is 163 cm³/mol. The van der Waals surface area contributed by atoms with Gasteiger partial charge in [-0.3, -0.25) is 0 Å². The molecule has 0 aliphatic heterocycles. The van der Waals surface area contributed by atoms with E-state index in [2.05, 4.69) is 60.6 Å². The molecule has 0 N–H and O–H groups in total. The van der Waals surface area contributed by atoms with E-state index in [1.165, 1.54) is 11.1 Å². The highest BCUT2D eigenvalue weighted by Crippen LogP contribution is 2.25. The molecule has 6 rings (SSSR count). The summed E-state index contributed by atoms with van der Waals surface area (Å²) in [6, 6.07) is 35.9. The molecule has 0 fully saturated rings. The minimum Gasteiger partial charge on any atom is -0.489 e. The Morgan fingerprint density at radius 2 is 0.953 bits per heavy atom. The number of hydrogen-bond acceptors (Lipinski definition) is 7. The van der Waals surface area contributed by atoms with Crippen LogP contribution >= 0.6 is 0 Å². The third-order valence-corrected chi connectivity index (χ3v) is 6.88. The second-order valence-electron chi connectivity index (χ2n) is 10.5. The van der Waals surface area contributed by atoms with E-state index < -0.39 is 0 Å². The van der Waals surface area contributed by atoms with Gasteiger partial charge in [0.05, 0.1) is 0 Å². The van der Waals surface area contributed by atoms with Crippen molar-refractivity contribution in [1.29, 1.82) is 0 Å². The number of hydrogen-bond donors (Lipinski definition) is 0. The van der Waals surface area contributed by atoms with Gasteiger partial charge in [-0.15, -0.1) is 0 Å². The van der Waals surface area contributed by atoms with Gasteiger partial charge in [0.15, 0.2) is 11.5 Å². The lowest BCUT2D eigenvalue weighted by Crippen LogP contribution is -1.95. The van der Waals surface area contributed by atoms with Crippen molar-refractivity contribution in [2.24, 2.45) is 0 Å². The van der Waals surface area contributed by atoms with Crippen LogP contribution in [0.5, 0.6) is 11.5 Å². The van der Waals surface area contributed by atoms with Crippen LogP contribution in [0.4, 0.5) is 0 Å². The maximum absolute atomic E-state index is 5.92. The summed E-state index contributed by atoms with van der Waals surface area (Å²) in [5.74, 6) is 2.84. The Balaban J connectivity index is 0.963. The monoisotopic (exact) mass is 572 g/mol. The quantitative estimate of drug-likeness (QED) is 0.145. The zero-order valence-electron chi connectivity index (χ0n) is 24.2. The van der Waals surface area contributed by atoms with Gasteiger partial charge in [-0.2, -0.15) is 0 Å². The average Bonchev–Trinajstić information content (AvgIpc) is 3.70. The van der Waals surface area contributed by atoms with Crippen LogP contribution < -0.4 is 9.47 Å². The van der Waals surface area contributed by atoms with Crippen LogP contribution in [-0.2, 0) is 31.2 Å². The number of aromatic nitrogens is 2. The Morgan fingerprint density at radius 3 is 1.37 bits per heavy atom. The zero-order chi connectivity index (χ0) is 29.4. The van der Waals surface area contributed by atoms with Crippen LogP contribution in [0.2, 0.25) is 0 Å². The van der Waals surface area contributed by atoms with E-state index >= 15 is 0 Å². The van der Waals surface area contributed by atoms with E-state index in [4.69, 9.17) is 23.3 Å². The lowest BCUT2D eigenvalue weighted by atomic mass is 10.1. The van der Waals surface area contributed by atoms with Gasteiger partial charge < -0.3 is 23.3 Å². The molecule has 6 aromatic rings. The average molecular weight is 573 g/mol. The molecule has 0 radical (unpaired) electrons. The first-order valence-corrected chi connectivity index (χ1v) is 14.1. The third-order valence-electron chi connectivity index (χ3n) is 6.88. The molecule has 0 spiro atoms. The maximum Gasteiger partial charge on any atom is 0.163 e. The summed E-state index contributed by atoms with van der Waals surface area (Å²) in [4.78, 5) is 0. The lowest BCUT2D eigenvalue weighted by molar-refractivity contribution is 0.0727. The molecular weight excluding hydrogens is 540 g/mol. The highest BCUT2D eigenvalue weighted by atomic mass is 16.5. The number of nitrogens with zero attached hydrogens (tertiary/aromatic N) is 2. The van der Waals surface area contributed by atoms with E-state index in [1.807, 2.05) is 72.8 Å².